The Hall–Kier alpha value is -2.88. The quantitative estimate of drug-likeness (QED) is 0.734. The number of carbonyl (C=O) groups excluding carboxylic acids is 1. The van der Waals surface area contributed by atoms with Gasteiger partial charge in [0.1, 0.15) is 5.82 Å². The summed E-state index contributed by atoms with van der Waals surface area (Å²) in [6.07, 6.45) is 4.21. The summed E-state index contributed by atoms with van der Waals surface area (Å²) in [4.78, 5) is 12.5. The van der Waals surface area contributed by atoms with Gasteiger partial charge in [-0.2, -0.15) is 0 Å². The Balaban J connectivity index is 1.79. The molecule has 0 aliphatic carbocycles. The summed E-state index contributed by atoms with van der Waals surface area (Å²) in [6.45, 7) is 1.78. The molecule has 0 fully saturated rings. The van der Waals surface area contributed by atoms with Crippen LogP contribution in [-0.2, 0) is 4.79 Å². The van der Waals surface area contributed by atoms with Gasteiger partial charge >= 0.3 is 0 Å². The average Bonchev–Trinajstić information content (AvgIpc) is 3.10. The number of hydrogen-bond acceptors (Lipinski definition) is 1. The van der Waals surface area contributed by atoms with Crippen molar-refractivity contribution in [2.75, 3.05) is 5.32 Å². The highest BCUT2D eigenvalue weighted by atomic mass is 19.1. The van der Waals surface area contributed by atoms with Crippen LogP contribution >= 0.6 is 0 Å². The van der Waals surface area contributed by atoms with Gasteiger partial charge in [0, 0.05) is 18.1 Å². The van der Waals surface area contributed by atoms with E-state index >= 15 is 0 Å². The Kier molecular flexibility index (Phi) is 4.75. The predicted octanol–water partition coefficient (Wildman–Crippen LogP) is 4.55. The van der Waals surface area contributed by atoms with Crippen LogP contribution < -0.4 is 5.32 Å². The molecule has 0 radical (unpaired) electrons. The first-order chi connectivity index (χ1) is 11.6. The lowest BCUT2D eigenvalue weighted by Gasteiger charge is -2.19. The molecule has 1 atom stereocenters. The Morgan fingerprint density at radius 3 is 2.46 bits per heavy atom. The molecule has 4 heteroatoms. The lowest BCUT2D eigenvalue weighted by Crippen LogP contribution is -2.20. The van der Waals surface area contributed by atoms with E-state index in [1.807, 2.05) is 59.4 Å². The number of nitrogens with one attached hydrogen (secondary N) is 1. The smallest absolute Gasteiger partial charge is 0.226 e. The van der Waals surface area contributed by atoms with Gasteiger partial charge in [0.15, 0.2) is 0 Å². The van der Waals surface area contributed by atoms with Crippen LogP contribution in [-0.4, -0.2) is 10.5 Å². The van der Waals surface area contributed by atoms with Gasteiger partial charge in [-0.25, -0.2) is 4.39 Å². The van der Waals surface area contributed by atoms with Crippen molar-refractivity contribution in [3.05, 3.63) is 90.0 Å². The summed E-state index contributed by atoms with van der Waals surface area (Å²) >= 11 is 0. The molecule has 1 aromatic heterocycles. The molecule has 1 N–H and O–H groups in total. The van der Waals surface area contributed by atoms with Crippen molar-refractivity contribution in [1.82, 2.24) is 4.57 Å². The lowest BCUT2D eigenvalue weighted by atomic mass is 10.0. The molecule has 0 saturated heterocycles. The zero-order valence-electron chi connectivity index (χ0n) is 13.4. The van der Waals surface area contributed by atoms with E-state index in [-0.39, 0.29) is 17.8 Å². The molecule has 122 valence electrons. The summed E-state index contributed by atoms with van der Waals surface area (Å²) in [5, 5.41) is 2.88. The lowest BCUT2D eigenvalue weighted by molar-refractivity contribution is -0.116. The van der Waals surface area contributed by atoms with Gasteiger partial charge in [0.2, 0.25) is 5.91 Å². The zero-order chi connectivity index (χ0) is 16.9. The molecule has 3 aromatic rings. The van der Waals surface area contributed by atoms with E-state index in [0.29, 0.717) is 17.7 Å². The molecule has 24 heavy (non-hydrogen) atoms. The minimum atomic E-state index is -0.306. The maximum atomic E-state index is 13.2. The third kappa shape index (κ3) is 3.71. The highest BCUT2D eigenvalue weighted by Crippen LogP contribution is 2.23. The number of benzene rings is 2. The van der Waals surface area contributed by atoms with Gasteiger partial charge in [-0.1, -0.05) is 30.3 Å². The van der Waals surface area contributed by atoms with Crippen molar-refractivity contribution in [1.29, 1.82) is 0 Å². The van der Waals surface area contributed by atoms with Crippen LogP contribution in [0.4, 0.5) is 10.1 Å². The van der Waals surface area contributed by atoms with E-state index in [4.69, 9.17) is 0 Å². The number of nitrogens with zero attached hydrogens (tertiary/aromatic N) is 1. The first-order valence-electron chi connectivity index (χ1n) is 7.87. The fourth-order valence-corrected chi connectivity index (χ4v) is 2.77. The van der Waals surface area contributed by atoms with Crippen molar-refractivity contribution in [2.24, 2.45) is 0 Å². The monoisotopic (exact) mass is 322 g/mol. The Morgan fingerprint density at radius 1 is 1.08 bits per heavy atom. The molecule has 0 spiro atoms. The first-order valence-corrected chi connectivity index (χ1v) is 7.87. The number of aryl methyl sites for hydroxylation is 1. The molecular formula is C20H19FN2O. The average molecular weight is 322 g/mol. The van der Waals surface area contributed by atoms with E-state index in [1.54, 1.807) is 13.0 Å². The minimum absolute atomic E-state index is 0.0815. The predicted molar refractivity (Wildman–Crippen MR) is 93.4 cm³/mol. The van der Waals surface area contributed by atoms with Crippen molar-refractivity contribution in [3.8, 4) is 0 Å². The maximum Gasteiger partial charge on any atom is 0.226 e. The normalized spacial score (nSPS) is 11.9. The number of aromatic nitrogens is 1. The second-order valence-electron chi connectivity index (χ2n) is 5.77. The van der Waals surface area contributed by atoms with Crippen LogP contribution in [0.5, 0.6) is 0 Å². The molecule has 3 rings (SSSR count). The van der Waals surface area contributed by atoms with Crippen LogP contribution in [0.15, 0.2) is 73.1 Å². The first kappa shape index (κ1) is 16.0. The second-order valence-corrected chi connectivity index (χ2v) is 5.77. The van der Waals surface area contributed by atoms with Crippen LogP contribution in [0.2, 0.25) is 0 Å². The number of rotatable bonds is 5. The van der Waals surface area contributed by atoms with E-state index in [2.05, 4.69) is 5.32 Å². The van der Waals surface area contributed by atoms with Crippen molar-refractivity contribution in [2.45, 2.75) is 19.4 Å². The van der Waals surface area contributed by atoms with E-state index in [1.165, 1.54) is 12.1 Å². The van der Waals surface area contributed by atoms with Gasteiger partial charge in [-0.3, -0.25) is 4.79 Å². The molecule has 1 heterocycles. The molecule has 0 aliphatic rings. The van der Waals surface area contributed by atoms with Gasteiger partial charge in [0.25, 0.3) is 0 Å². The Morgan fingerprint density at radius 2 is 1.79 bits per heavy atom. The molecule has 0 bridgehead atoms. The number of halogens is 1. The van der Waals surface area contributed by atoms with Crippen molar-refractivity contribution >= 4 is 11.6 Å². The van der Waals surface area contributed by atoms with Gasteiger partial charge in [-0.15, -0.1) is 0 Å². The van der Waals surface area contributed by atoms with Crippen LogP contribution in [0.3, 0.4) is 0 Å². The molecule has 1 amide bonds. The maximum absolute atomic E-state index is 13.2. The van der Waals surface area contributed by atoms with E-state index in [9.17, 15) is 9.18 Å². The summed E-state index contributed by atoms with van der Waals surface area (Å²) in [5.41, 5.74) is 2.42. The fraction of sp³-hybridized carbons (Fsp3) is 0.150. The summed E-state index contributed by atoms with van der Waals surface area (Å²) < 4.78 is 15.2. The molecular weight excluding hydrogens is 303 g/mol. The third-order valence-corrected chi connectivity index (χ3v) is 4.01. The van der Waals surface area contributed by atoms with Gasteiger partial charge in [0.05, 0.1) is 12.5 Å². The molecule has 0 aliphatic heterocycles. The third-order valence-electron chi connectivity index (χ3n) is 4.01. The molecule has 0 unspecified atom stereocenters. The summed E-state index contributed by atoms with van der Waals surface area (Å²) in [6, 6.07) is 18.1. The fourth-order valence-electron chi connectivity index (χ4n) is 2.77. The highest BCUT2D eigenvalue weighted by molar-refractivity contribution is 5.92. The number of anilines is 1. The van der Waals surface area contributed by atoms with E-state index < -0.39 is 0 Å². The van der Waals surface area contributed by atoms with Gasteiger partial charge < -0.3 is 9.88 Å². The van der Waals surface area contributed by atoms with Crippen LogP contribution in [0.1, 0.15) is 23.6 Å². The Bertz CT molecular complexity index is 813. The molecule has 0 saturated carbocycles. The number of carbonyl (C=O) groups is 1. The van der Waals surface area contributed by atoms with Crippen LogP contribution in [0, 0.1) is 12.7 Å². The number of hydrogen-bond donors (Lipinski definition) is 1. The molecule has 3 nitrogen and oxygen atoms in total. The summed E-state index contributed by atoms with van der Waals surface area (Å²) in [5.74, 6) is -0.410. The van der Waals surface area contributed by atoms with Gasteiger partial charge in [-0.05, 0) is 48.4 Å². The second kappa shape index (κ2) is 7.13. The largest absolute Gasteiger partial charge is 0.346 e. The van der Waals surface area contributed by atoms with Crippen LogP contribution in [0.25, 0.3) is 0 Å². The Labute approximate surface area is 140 Å². The van der Waals surface area contributed by atoms with E-state index in [0.717, 1.165) is 5.56 Å². The SMILES string of the molecule is Cc1cc(F)ccc1NC(=O)C[C@@H](c1ccccc1)n1cccc1. The molecule has 2 aromatic carbocycles. The van der Waals surface area contributed by atoms with Crippen molar-refractivity contribution in [3.63, 3.8) is 0 Å². The standard InChI is InChI=1S/C20H19FN2O/c1-15-13-17(21)9-10-18(15)22-20(24)14-19(23-11-5-6-12-23)16-7-3-2-4-8-16/h2-13,19H,14H2,1H3,(H,22,24)/t19-/m0/s1. The highest BCUT2D eigenvalue weighted by Gasteiger charge is 2.17. The van der Waals surface area contributed by atoms with Crippen molar-refractivity contribution < 1.29 is 9.18 Å². The number of amides is 1. The minimum Gasteiger partial charge on any atom is -0.346 e. The summed E-state index contributed by atoms with van der Waals surface area (Å²) in [7, 11) is 0. The topological polar surface area (TPSA) is 34.0 Å². The zero-order valence-corrected chi connectivity index (χ0v) is 13.4.